The summed E-state index contributed by atoms with van der Waals surface area (Å²) in [7, 11) is 0. The maximum atomic E-state index is 12.7. The highest BCUT2D eigenvalue weighted by Gasteiger charge is 2.19. The minimum absolute atomic E-state index is 0.0733. The van der Waals surface area contributed by atoms with Gasteiger partial charge in [-0.3, -0.25) is 14.4 Å². The summed E-state index contributed by atoms with van der Waals surface area (Å²) in [6, 6.07) is 0. The molecule has 0 amide bonds. The minimum atomic E-state index is -0.767. The van der Waals surface area contributed by atoms with Gasteiger partial charge in [-0.05, 0) is 51.4 Å². The summed E-state index contributed by atoms with van der Waals surface area (Å²) >= 11 is 0. The van der Waals surface area contributed by atoms with Crippen LogP contribution in [0, 0.1) is 0 Å². The van der Waals surface area contributed by atoms with Gasteiger partial charge in [0.15, 0.2) is 6.10 Å². The maximum absolute atomic E-state index is 12.7. The van der Waals surface area contributed by atoms with Gasteiger partial charge >= 0.3 is 17.9 Å². The second-order valence-corrected chi connectivity index (χ2v) is 15.3. The first-order chi connectivity index (χ1) is 26.0. The second-order valence-electron chi connectivity index (χ2n) is 15.3. The molecule has 0 saturated carbocycles. The number of ether oxygens (including phenoxy) is 3. The van der Waals surface area contributed by atoms with Gasteiger partial charge in [0.2, 0.25) is 0 Å². The molecule has 53 heavy (non-hydrogen) atoms. The minimum Gasteiger partial charge on any atom is -0.462 e. The van der Waals surface area contributed by atoms with Crippen LogP contribution in [0.1, 0.15) is 239 Å². The molecule has 0 bridgehead atoms. The molecule has 0 N–H and O–H groups in total. The fourth-order valence-electron chi connectivity index (χ4n) is 6.47. The fourth-order valence-corrected chi connectivity index (χ4v) is 6.47. The van der Waals surface area contributed by atoms with E-state index in [0.29, 0.717) is 19.3 Å². The molecule has 0 rings (SSSR count). The smallest absolute Gasteiger partial charge is 0.306 e. The van der Waals surface area contributed by atoms with E-state index < -0.39 is 6.10 Å². The van der Waals surface area contributed by atoms with Crippen LogP contribution in [0.25, 0.3) is 0 Å². The average molecular weight is 747 g/mol. The number of esters is 3. The van der Waals surface area contributed by atoms with Crippen LogP contribution in [0.15, 0.2) is 24.3 Å². The van der Waals surface area contributed by atoms with Crippen molar-refractivity contribution >= 4 is 17.9 Å². The van der Waals surface area contributed by atoms with Crippen molar-refractivity contribution in [2.45, 2.75) is 245 Å². The Kier molecular flexibility index (Phi) is 40.9. The number of carbonyl (C=O) groups excluding carboxylic acids is 3. The second kappa shape index (κ2) is 42.6. The highest BCUT2D eigenvalue weighted by molar-refractivity contribution is 5.71. The van der Waals surface area contributed by atoms with Crippen molar-refractivity contribution in [3.63, 3.8) is 0 Å². The molecule has 6 nitrogen and oxygen atoms in total. The first-order valence-electron chi connectivity index (χ1n) is 22.8. The third kappa shape index (κ3) is 40.9. The number of rotatable bonds is 41. The van der Waals surface area contributed by atoms with Crippen molar-refractivity contribution in [3.8, 4) is 0 Å². The molecule has 0 fully saturated rings. The Balaban J connectivity index is 4.27. The van der Waals surface area contributed by atoms with E-state index in [1.165, 1.54) is 122 Å². The summed E-state index contributed by atoms with van der Waals surface area (Å²) in [5.74, 6) is -0.891. The van der Waals surface area contributed by atoms with Gasteiger partial charge in [0.1, 0.15) is 13.2 Å². The molecule has 0 aliphatic rings. The van der Waals surface area contributed by atoms with Crippen molar-refractivity contribution in [2.24, 2.45) is 0 Å². The summed E-state index contributed by atoms with van der Waals surface area (Å²) in [5, 5.41) is 0. The molecule has 0 aromatic rings. The lowest BCUT2D eigenvalue weighted by Crippen LogP contribution is -2.30. The van der Waals surface area contributed by atoms with E-state index >= 15 is 0 Å². The van der Waals surface area contributed by atoms with Crippen LogP contribution in [0.2, 0.25) is 0 Å². The molecule has 0 heterocycles. The average Bonchev–Trinajstić information content (AvgIpc) is 3.15. The quantitative estimate of drug-likeness (QED) is 0.0268. The van der Waals surface area contributed by atoms with Crippen LogP contribution in [0.5, 0.6) is 0 Å². The SMILES string of the molecule is CCCCCC/C=C\C/C=C\CCCCCCCC(=O)OCC(COC(=O)CCCCCCCC)OC(=O)CCCCCCCCCCCCCCC. The monoisotopic (exact) mass is 747 g/mol. The summed E-state index contributed by atoms with van der Waals surface area (Å²) in [4.78, 5) is 37.5. The summed E-state index contributed by atoms with van der Waals surface area (Å²) in [5.41, 5.74) is 0. The van der Waals surface area contributed by atoms with E-state index in [1.807, 2.05) is 0 Å². The van der Waals surface area contributed by atoms with Crippen molar-refractivity contribution in [2.75, 3.05) is 13.2 Å². The van der Waals surface area contributed by atoms with Gasteiger partial charge in [0.25, 0.3) is 0 Å². The molecule has 1 atom stereocenters. The van der Waals surface area contributed by atoms with E-state index in [1.54, 1.807) is 0 Å². The normalized spacial score (nSPS) is 12.1. The molecule has 6 heteroatoms. The predicted octanol–water partition coefficient (Wildman–Crippen LogP) is 14.4. The topological polar surface area (TPSA) is 78.9 Å². The Labute approximate surface area is 328 Å². The van der Waals surface area contributed by atoms with E-state index in [9.17, 15) is 14.4 Å². The van der Waals surface area contributed by atoms with Crippen LogP contribution >= 0.6 is 0 Å². The van der Waals surface area contributed by atoms with E-state index in [4.69, 9.17) is 14.2 Å². The van der Waals surface area contributed by atoms with Gasteiger partial charge in [0.05, 0.1) is 0 Å². The van der Waals surface area contributed by atoms with Gasteiger partial charge in [-0.2, -0.15) is 0 Å². The number of allylic oxidation sites excluding steroid dienone is 4. The lowest BCUT2D eigenvalue weighted by molar-refractivity contribution is -0.167. The van der Waals surface area contributed by atoms with Crippen LogP contribution in [0.4, 0.5) is 0 Å². The fraction of sp³-hybridized carbons (Fsp3) is 0.851. The Bertz CT molecular complexity index is 865. The Hall–Kier alpha value is -2.11. The van der Waals surface area contributed by atoms with Crippen molar-refractivity contribution in [3.05, 3.63) is 24.3 Å². The molecule has 0 aromatic carbocycles. The summed E-state index contributed by atoms with van der Waals surface area (Å²) in [6.07, 6.45) is 46.0. The molecule has 0 aliphatic heterocycles. The van der Waals surface area contributed by atoms with Crippen LogP contribution in [-0.2, 0) is 28.6 Å². The molecule has 0 saturated heterocycles. The molecule has 0 spiro atoms. The van der Waals surface area contributed by atoms with E-state index in [0.717, 1.165) is 77.0 Å². The number of hydrogen-bond donors (Lipinski definition) is 0. The van der Waals surface area contributed by atoms with Crippen LogP contribution < -0.4 is 0 Å². The Morgan fingerprint density at radius 3 is 1.06 bits per heavy atom. The molecule has 0 aliphatic carbocycles. The number of unbranched alkanes of at least 4 members (excludes halogenated alkanes) is 26. The molecular weight excluding hydrogens is 661 g/mol. The van der Waals surface area contributed by atoms with Gasteiger partial charge < -0.3 is 14.2 Å². The van der Waals surface area contributed by atoms with Gasteiger partial charge in [-0.25, -0.2) is 0 Å². The van der Waals surface area contributed by atoms with Crippen molar-refractivity contribution < 1.29 is 28.6 Å². The number of carbonyl (C=O) groups is 3. The van der Waals surface area contributed by atoms with Gasteiger partial charge in [-0.1, -0.05) is 193 Å². The zero-order valence-corrected chi connectivity index (χ0v) is 35.3. The molecule has 0 aromatic heterocycles. The third-order valence-electron chi connectivity index (χ3n) is 9.96. The lowest BCUT2D eigenvalue weighted by Gasteiger charge is -2.18. The van der Waals surface area contributed by atoms with Gasteiger partial charge in [-0.15, -0.1) is 0 Å². The molecule has 1 unspecified atom stereocenters. The zero-order valence-electron chi connectivity index (χ0n) is 35.3. The number of hydrogen-bond acceptors (Lipinski definition) is 6. The van der Waals surface area contributed by atoms with Crippen LogP contribution in [-0.4, -0.2) is 37.2 Å². The van der Waals surface area contributed by atoms with Crippen LogP contribution in [0.3, 0.4) is 0 Å². The molecule has 0 radical (unpaired) electrons. The highest BCUT2D eigenvalue weighted by atomic mass is 16.6. The summed E-state index contributed by atoms with van der Waals surface area (Å²) < 4.78 is 16.6. The molecular formula is C47H86O6. The molecule has 310 valence electrons. The zero-order chi connectivity index (χ0) is 38.7. The van der Waals surface area contributed by atoms with Gasteiger partial charge in [0, 0.05) is 19.3 Å². The van der Waals surface area contributed by atoms with Crippen molar-refractivity contribution in [1.82, 2.24) is 0 Å². The van der Waals surface area contributed by atoms with E-state index in [2.05, 4.69) is 45.1 Å². The maximum Gasteiger partial charge on any atom is 0.306 e. The summed E-state index contributed by atoms with van der Waals surface area (Å²) in [6.45, 7) is 6.55. The Morgan fingerprint density at radius 1 is 0.377 bits per heavy atom. The van der Waals surface area contributed by atoms with Crippen molar-refractivity contribution in [1.29, 1.82) is 0 Å². The Morgan fingerprint density at radius 2 is 0.679 bits per heavy atom. The van der Waals surface area contributed by atoms with E-state index in [-0.39, 0.29) is 31.1 Å². The standard InChI is InChI=1S/C47H86O6/c1-4-7-10-13-16-18-20-22-23-24-26-27-29-31-34-37-40-46(49)52-43-44(42-51-45(48)39-36-33-15-12-9-6-3)53-47(50)41-38-35-32-30-28-25-21-19-17-14-11-8-5-2/h18,20,23-24,44H,4-17,19,21-22,25-43H2,1-3H3/b20-18-,24-23-. The highest BCUT2D eigenvalue weighted by Crippen LogP contribution is 2.15. The largest absolute Gasteiger partial charge is 0.462 e. The lowest BCUT2D eigenvalue weighted by atomic mass is 10.0. The first-order valence-corrected chi connectivity index (χ1v) is 22.8. The predicted molar refractivity (Wildman–Crippen MR) is 224 cm³/mol. The first kappa shape index (κ1) is 50.9. The third-order valence-corrected chi connectivity index (χ3v) is 9.96.